The summed E-state index contributed by atoms with van der Waals surface area (Å²) < 4.78 is 0. The monoisotopic (exact) mass is 185 g/mol. The van der Waals surface area contributed by atoms with Crippen LogP contribution in [-0.4, -0.2) is 16.1 Å². The van der Waals surface area contributed by atoms with E-state index in [2.05, 4.69) is 4.98 Å². The van der Waals surface area contributed by atoms with Crippen molar-refractivity contribution >= 4 is 17.3 Å². The Balaban J connectivity index is 2.81. The van der Waals surface area contributed by atoms with Crippen LogP contribution in [0, 0.1) is 0 Å². The number of hydrogen-bond donors (Lipinski definition) is 1. The molecule has 66 valence electrons. The third kappa shape index (κ3) is 1.82. The van der Waals surface area contributed by atoms with Gasteiger partial charge in [-0.3, -0.25) is 4.79 Å². The zero-order valence-electron chi connectivity index (χ0n) is 7.07. The Bertz CT molecular complexity index is 282. The molecule has 1 aromatic rings. The van der Waals surface area contributed by atoms with Crippen molar-refractivity contribution in [3.63, 3.8) is 0 Å². The summed E-state index contributed by atoms with van der Waals surface area (Å²) in [5, 5.41) is 11.3. The molecule has 0 aliphatic heterocycles. The van der Waals surface area contributed by atoms with E-state index in [0.29, 0.717) is 5.01 Å². The smallest absolute Gasteiger partial charge is 0.313 e. The second-order valence-electron chi connectivity index (χ2n) is 2.59. The first-order valence-corrected chi connectivity index (χ1v) is 4.70. The summed E-state index contributed by atoms with van der Waals surface area (Å²) in [6.45, 7) is 3.66. The van der Waals surface area contributed by atoms with Crippen LogP contribution >= 0.6 is 11.3 Å². The highest BCUT2D eigenvalue weighted by molar-refractivity contribution is 7.09. The van der Waals surface area contributed by atoms with Crippen molar-refractivity contribution in [2.75, 3.05) is 0 Å². The van der Waals surface area contributed by atoms with Crippen LogP contribution < -0.4 is 0 Å². The zero-order valence-corrected chi connectivity index (χ0v) is 7.89. The van der Waals surface area contributed by atoms with Gasteiger partial charge in [0.1, 0.15) is 10.9 Å². The van der Waals surface area contributed by atoms with Crippen molar-refractivity contribution in [2.45, 2.75) is 26.2 Å². The quantitative estimate of drug-likeness (QED) is 0.782. The summed E-state index contributed by atoms with van der Waals surface area (Å²) in [5.74, 6) is -1.29. The standard InChI is InChI=1S/C8H11NO2S/c1-3-6-4-12-7(9-6)5(2)8(10)11/h4-5H,3H2,1-2H3,(H,10,11). The molecule has 1 atom stereocenters. The van der Waals surface area contributed by atoms with E-state index >= 15 is 0 Å². The number of hydrogen-bond acceptors (Lipinski definition) is 3. The molecule has 0 aliphatic carbocycles. The van der Waals surface area contributed by atoms with E-state index in [1.807, 2.05) is 12.3 Å². The van der Waals surface area contributed by atoms with E-state index in [1.165, 1.54) is 11.3 Å². The maximum atomic E-state index is 10.6. The number of aromatic nitrogens is 1. The van der Waals surface area contributed by atoms with Gasteiger partial charge in [0.15, 0.2) is 0 Å². The Morgan fingerprint density at radius 3 is 2.92 bits per heavy atom. The summed E-state index contributed by atoms with van der Waals surface area (Å²) in [5.41, 5.74) is 0.975. The van der Waals surface area contributed by atoms with Crippen LogP contribution in [0.3, 0.4) is 0 Å². The topological polar surface area (TPSA) is 50.2 Å². The minimum atomic E-state index is -0.813. The van der Waals surface area contributed by atoms with Crippen molar-refractivity contribution in [3.05, 3.63) is 16.1 Å². The molecular weight excluding hydrogens is 174 g/mol. The largest absolute Gasteiger partial charge is 0.481 e. The molecule has 0 amide bonds. The lowest BCUT2D eigenvalue weighted by Crippen LogP contribution is -2.06. The van der Waals surface area contributed by atoms with E-state index in [1.54, 1.807) is 6.92 Å². The van der Waals surface area contributed by atoms with E-state index in [9.17, 15) is 4.79 Å². The van der Waals surface area contributed by atoms with Crippen LogP contribution in [0.2, 0.25) is 0 Å². The van der Waals surface area contributed by atoms with E-state index in [-0.39, 0.29) is 0 Å². The third-order valence-corrected chi connectivity index (χ3v) is 2.75. The summed E-state index contributed by atoms with van der Waals surface area (Å²) in [7, 11) is 0. The number of nitrogens with zero attached hydrogens (tertiary/aromatic N) is 1. The van der Waals surface area contributed by atoms with Crippen LogP contribution in [0.4, 0.5) is 0 Å². The fraction of sp³-hybridized carbons (Fsp3) is 0.500. The Labute approximate surface area is 75.1 Å². The minimum Gasteiger partial charge on any atom is -0.481 e. The van der Waals surface area contributed by atoms with Crippen molar-refractivity contribution < 1.29 is 9.90 Å². The fourth-order valence-electron chi connectivity index (χ4n) is 0.790. The van der Waals surface area contributed by atoms with Gasteiger partial charge < -0.3 is 5.11 Å². The second kappa shape index (κ2) is 3.67. The predicted octanol–water partition coefficient (Wildman–Crippen LogP) is 1.89. The number of aliphatic carboxylic acids is 1. The van der Waals surface area contributed by atoms with Gasteiger partial charge >= 0.3 is 5.97 Å². The molecule has 0 aromatic carbocycles. The van der Waals surface area contributed by atoms with Crippen molar-refractivity contribution in [1.29, 1.82) is 0 Å². The Kier molecular flexibility index (Phi) is 2.81. The molecule has 12 heavy (non-hydrogen) atoms. The average Bonchev–Trinajstić information content (AvgIpc) is 2.50. The van der Waals surface area contributed by atoms with Gasteiger partial charge in [-0.05, 0) is 13.3 Å². The first-order valence-electron chi connectivity index (χ1n) is 3.82. The van der Waals surface area contributed by atoms with Crippen molar-refractivity contribution in [1.82, 2.24) is 4.98 Å². The van der Waals surface area contributed by atoms with Crippen LogP contribution in [0.15, 0.2) is 5.38 Å². The summed E-state index contributed by atoms with van der Waals surface area (Å²) in [6, 6.07) is 0. The number of aryl methyl sites for hydroxylation is 1. The molecule has 1 heterocycles. The lowest BCUT2D eigenvalue weighted by atomic mass is 10.2. The minimum absolute atomic E-state index is 0.477. The summed E-state index contributed by atoms with van der Waals surface area (Å²) in [6.07, 6.45) is 0.864. The van der Waals surface area contributed by atoms with Gasteiger partial charge in [0.2, 0.25) is 0 Å². The molecule has 1 rings (SSSR count). The van der Waals surface area contributed by atoms with Crippen molar-refractivity contribution in [3.8, 4) is 0 Å². The van der Waals surface area contributed by atoms with Crippen LogP contribution in [0.5, 0.6) is 0 Å². The molecule has 4 heteroatoms. The Morgan fingerprint density at radius 2 is 2.50 bits per heavy atom. The lowest BCUT2D eigenvalue weighted by Gasteiger charge is -1.99. The normalized spacial score (nSPS) is 12.8. The SMILES string of the molecule is CCc1csc(C(C)C(=O)O)n1. The molecule has 0 saturated heterocycles. The van der Waals surface area contributed by atoms with Crippen molar-refractivity contribution in [2.24, 2.45) is 0 Å². The number of carboxylic acid groups (broad SMARTS) is 1. The van der Waals surface area contributed by atoms with E-state index in [4.69, 9.17) is 5.11 Å². The highest BCUT2D eigenvalue weighted by Gasteiger charge is 2.16. The maximum absolute atomic E-state index is 10.6. The Morgan fingerprint density at radius 1 is 1.83 bits per heavy atom. The molecule has 3 nitrogen and oxygen atoms in total. The molecule has 0 aliphatic rings. The van der Waals surface area contributed by atoms with Gasteiger partial charge in [0, 0.05) is 5.38 Å². The zero-order chi connectivity index (χ0) is 9.14. The molecule has 1 aromatic heterocycles. The molecule has 1 N–H and O–H groups in total. The fourth-order valence-corrected chi connectivity index (χ4v) is 1.74. The van der Waals surface area contributed by atoms with E-state index < -0.39 is 11.9 Å². The van der Waals surface area contributed by atoms with Crippen LogP contribution in [0.1, 0.15) is 30.5 Å². The molecule has 0 spiro atoms. The number of carboxylic acids is 1. The van der Waals surface area contributed by atoms with Gasteiger partial charge in [-0.1, -0.05) is 6.92 Å². The predicted molar refractivity (Wildman–Crippen MR) is 47.5 cm³/mol. The van der Waals surface area contributed by atoms with Crippen LogP contribution in [-0.2, 0) is 11.2 Å². The van der Waals surface area contributed by atoms with Crippen LogP contribution in [0.25, 0.3) is 0 Å². The number of thiazole rings is 1. The van der Waals surface area contributed by atoms with Gasteiger partial charge in [0.25, 0.3) is 0 Å². The molecule has 0 fully saturated rings. The molecule has 0 saturated carbocycles. The summed E-state index contributed by atoms with van der Waals surface area (Å²) in [4.78, 5) is 14.8. The number of rotatable bonds is 3. The third-order valence-electron chi connectivity index (χ3n) is 1.67. The molecule has 1 unspecified atom stereocenters. The lowest BCUT2D eigenvalue weighted by molar-refractivity contribution is -0.138. The first-order chi connectivity index (χ1) is 5.65. The molecular formula is C8H11NO2S. The highest BCUT2D eigenvalue weighted by Crippen LogP contribution is 2.20. The Hall–Kier alpha value is -0.900. The summed E-state index contributed by atoms with van der Waals surface area (Å²) >= 11 is 1.42. The average molecular weight is 185 g/mol. The molecule has 0 bridgehead atoms. The van der Waals surface area contributed by atoms with E-state index in [0.717, 1.165) is 12.1 Å². The van der Waals surface area contributed by atoms with Gasteiger partial charge in [-0.25, -0.2) is 4.98 Å². The first kappa shape index (κ1) is 9.19. The maximum Gasteiger partial charge on any atom is 0.313 e. The molecule has 0 radical (unpaired) electrons. The highest BCUT2D eigenvalue weighted by atomic mass is 32.1. The van der Waals surface area contributed by atoms with Gasteiger partial charge in [0.05, 0.1) is 5.69 Å². The van der Waals surface area contributed by atoms with Gasteiger partial charge in [-0.15, -0.1) is 11.3 Å². The van der Waals surface area contributed by atoms with Gasteiger partial charge in [-0.2, -0.15) is 0 Å². The second-order valence-corrected chi connectivity index (χ2v) is 3.48. The number of carbonyl (C=O) groups is 1.